The Kier molecular flexibility index (Phi) is 10.1. The predicted octanol–water partition coefficient (Wildman–Crippen LogP) is 4.10. The summed E-state index contributed by atoms with van der Waals surface area (Å²) in [6.07, 6.45) is 3.49. The molecule has 1 aliphatic rings. The first kappa shape index (κ1) is 28.3. The SMILES string of the molecule is C=CC(=O)Nc1cc2c(Nc3cccc(Cl)c3)ncnc2cc1OCCCN1CCN(CC(=O)OCC)CC1. The number of anilines is 3. The van der Waals surface area contributed by atoms with Crippen LogP contribution in [0.4, 0.5) is 17.2 Å². The van der Waals surface area contributed by atoms with Gasteiger partial charge in [0.25, 0.3) is 0 Å². The van der Waals surface area contributed by atoms with Crippen LogP contribution in [-0.2, 0) is 14.3 Å². The maximum atomic E-state index is 12.2. The number of piperazine rings is 1. The lowest BCUT2D eigenvalue weighted by atomic mass is 10.1. The average molecular weight is 553 g/mol. The molecule has 1 fully saturated rings. The van der Waals surface area contributed by atoms with E-state index in [1.165, 1.54) is 12.4 Å². The number of nitrogens with zero attached hydrogens (tertiary/aromatic N) is 4. The van der Waals surface area contributed by atoms with E-state index < -0.39 is 0 Å². The maximum absolute atomic E-state index is 12.2. The van der Waals surface area contributed by atoms with Gasteiger partial charge in [-0.2, -0.15) is 0 Å². The molecule has 0 radical (unpaired) electrons. The van der Waals surface area contributed by atoms with E-state index in [0.717, 1.165) is 44.8 Å². The van der Waals surface area contributed by atoms with Gasteiger partial charge < -0.3 is 25.0 Å². The zero-order chi connectivity index (χ0) is 27.6. The van der Waals surface area contributed by atoms with E-state index in [0.29, 0.717) is 52.9 Å². The van der Waals surface area contributed by atoms with Crippen molar-refractivity contribution in [3.8, 4) is 5.75 Å². The molecule has 1 amide bonds. The third-order valence-corrected chi connectivity index (χ3v) is 6.50. The number of hydrogen-bond acceptors (Lipinski definition) is 9. The average Bonchev–Trinajstić information content (AvgIpc) is 2.92. The zero-order valence-electron chi connectivity index (χ0n) is 22.0. The lowest BCUT2D eigenvalue weighted by molar-refractivity contribution is -0.144. The molecule has 2 N–H and O–H groups in total. The van der Waals surface area contributed by atoms with Gasteiger partial charge in [0.15, 0.2) is 0 Å². The molecule has 11 heteroatoms. The molecule has 10 nitrogen and oxygen atoms in total. The Hall–Kier alpha value is -3.73. The molecule has 206 valence electrons. The van der Waals surface area contributed by atoms with Crippen molar-refractivity contribution in [2.75, 3.05) is 63.1 Å². The number of halogens is 1. The van der Waals surface area contributed by atoms with Crippen molar-refractivity contribution in [3.63, 3.8) is 0 Å². The van der Waals surface area contributed by atoms with Crippen LogP contribution in [0, 0.1) is 0 Å². The summed E-state index contributed by atoms with van der Waals surface area (Å²) in [4.78, 5) is 37.1. The number of esters is 1. The van der Waals surface area contributed by atoms with Crippen molar-refractivity contribution in [2.24, 2.45) is 0 Å². The van der Waals surface area contributed by atoms with Crippen LogP contribution in [0.25, 0.3) is 10.9 Å². The molecular weight excluding hydrogens is 520 g/mol. The Morgan fingerprint density at radius 1 is 1.13 bits per heavy atom. The number of benzene rings is 2. The predicted molar refractivity (Wildman–Crippen MR) is 153 cm³/mol. The quantitative estimate of drug-likeness (QED) is 0.195. The topological polar surface area (TPSA) is 109 Å². The Labute approximate surface area is 232 Å². The van der Waals surface area contributed by atoms with Crippen LogP contribution in [0.1, 0.15) is 13.3 Å². The highest BCUT2D eigenvalue weighted by atomic mass is 35.5. The van der Waals surface area contributed by atoms with Gasteiger partial charge in [-0.15, -0.1) is 0 Å². The lowest BCUT2D eigenvalue weighted by Crippen LogP contribution is -2.48. The zero-order valence-corrected chi connectivity index (χ0v) is 22.7. The van der Waals surface area contributed by atoms with E-state index in [2.05, 4.69) is 37.0 Å². The van der Waals surface area contributed by atoms with Crippen LogP contribution >= 0.6 is 11.6 Å². The molecule has 0 saturated carbocycles. The highest BCUT2D eigenvalue weighted by molar-refractivity contribution is 6.30. The van der Waals surface area contributed by atoms with Crippen molar-refractivity contribution in [1.82, 2.24) is 19.8 Å². The maximum Gasteiger partial charge on any atom is 0.320 e. The summed E-state index contributed by atoms with van der Waals surface area (Å²) >= 11 is 6.13. The molecule has 4 rings (SSSR count). The van der Waals surface area contributed by atoms with Crippen LogP contribution < -0.4 is 15.4 Å². The Morgan fingerprint density at radius 3 is 2.67 bits per heavy atom. The molecule has 1 aliphatic heterocycles. The normalized spacial score (nSPS) is 14.1. The molecule has 3 aromatic rings. The summed E-state index contributed by atoms with van der Waals surface area (Å²) in [7, 11) is 0. The molecule has 0 unspecified atom stereocenters. The molecule has 2 heterocycles. The summed E-state index contributed by atoms with van der Waals surface area (Å²) in [6, 6.07) is 10.9. The van der Waals surface area contributed by atoms with Gasteiger partial charge in [-0.1, -0.05) is 24.2 Å². The van der Waals surface area contributed by atoms with Crippen LogP contribution in [0.3, 0.4) is 0 Å². The Morgan fingerprint density at radius 2 is 1.92 bits per heavy atom. The first-order chi connectivity index (χ1) is 18.9. The molecule has 0 atom stereocenters. The molecule has 2 aromatic carbocycles. The van der Waals surface area contributed by atoms with Crippen molar-refractivity contribution in [2.45, 2.75) is 13.3 Å². The highest BCUT2D eigenvalue weighted by Crippen LogP contribution is 2.33. The van der Waals surface area contributed by atoms with Crippen molar-refractivity contribution in [1.29, 1.82) is 0 Å². The lowest BCUT2D eigenvalue weighted by Gasteiger charge is -2.34. The first-order valence-electron chi connectivity index (χ1n) is 12.9. The summed E-state index contributed by atoms with van der Waals surface area (Å²) in [5.74, 6) is 0.571. The fourth-order valence-electron chi connectivity index (χ4n) is 4.32. The van der Waals surface area contributed by atoms with Gasteiger partial charge in [0, 0.05) is 54.9 Å². The smallest absolute Gasteiger partial charge is 0.320 e. The number of amides is 1. The van der Waals surface area contributed by atoms with E-state index in [4.69, 9.17) is 21.1 Å². The number of hydrogen-bond donors (Lipinski definition) is 2. The number of nitrogens with one attached hydrogen (secondary N) is 2. The molecule has 1 aromatic heterocycles. The van der Waals surface area contributed by atoms with Crippen LogP contribution in [-0.4, -0.2) is 84.1 Å². The standard InChI is InChI=1S/C28H33ClN6O4/c1-3-26(36)33-24-16-22-23(30-19-31-28(22)32-21-8-5-7-20(29)15-21)17-25(24)39-14-6-9-34-10-12-35(13-11-34)18-27(37)38-4-2/h3,5,7-8,15-17,19H,1,4,6,9-14,18H2,2H3,(H,33,36)(H,30,31,32). The third-order valence-electron chi connectivity index (χ3n) is 6.27. The van der Waals surface area contributed by atoms with Crippen LogP contribution in [0.2, 0.25) is 5.02 Å². The molecule has 0 aliphatic carbocycles. The van der Waals surface area contributed by atoms with E-state index in [1.807, 2.05) is 19.1 Å². The fraction of sp³-hybridized carbons (Fsp3) is 0.357. The fourth-order valence-corrected chi connectivity index (χ4v) is 4.51. The van der Waals surface area contributed by atoms with Gasteiger partial charge >= 0.3 is 5.97 Å². The summed E-state index contributed by atoms with van der Waals surface area (Å²) < 4.78 is 11.1. The second-order valence-electron chi connectivity index (χ2n) is 9.04. The largest absolute Gasteiger partial charge is 0.491 e. The number of rotatable bonds is 12. The Bertz CT molecular complexity index is 1310. The molecule has 0 bridgehead atoms. The number of fused-ring (bicyclic) bond motifs is 1. The summed E-state index contributed by atoms with van der Waals surface area (Å²) in [5.41, 5.74) is 1.95. The third kappa shape index (κ3) is 8.13. The second-order valence-corrected chi connectivity index (χ2v) is 9.48. The van der Waals surface area contributed by atoms with Gasteiger partial charge in [0.1, 0.15) is 17.9 Å². The number of aromatic nitrogens is 2. The van der Waals surface area contributed by atoms with E-state index in [-0.39, 0.29) is 11.9 Å². The van der Waals surface area contributed by atoms with E-state index in [9.17, 15) is 9.59 Å². The minimum absolute atomic E-state index is 0.174. The van der Waals surface area contributed by atoms with E-state index in [1.54, 1.807) is 24.3 Å². The minimum Gasteiger partial charge on any atom is -0.491 e. The molecular formula is C28H33ClN6O4. The number of carbonyl (C=O) groups is 2. The van der Waals surface area contributed by atoms with Crippen LogP contribution in [0.15, 0.2) is 55.4 Å². The summed E-state index contributed by atoms with van der Waals surface area (Å²) in [5, 5.41) is 7.41. The molecule has 0 spiro atoms. The van der Waals surface area contributed by atoms with Crippen molar-refractivity contribution >= 4 is 51.6 Å². The van der Waals surface area contributed by atoms with Gasteiger partial charge in [-0.3, -0.25) is 14.5 Å². The number of ether oxygens (including phenoxy) is 2. The summed E-state index contributed by atoms with van der Waals surface area (Å²) in [6.45, 7) is 10.9. The van der Waals surface area contributed by atoms with Crippen molar-refractivity contribution < 1.29 is 19.1 Å². The molecule has 39 heavy (non-hydrogen) atoms. The monoisotopic (exact) mass is 552 g/mol. The van der Waals surface area contributed by atoms with Gasteiger partial charge in [0.2, 0.25) is 5.91 Å². The Balaban J connectivity index is 1.39. The van der Waals surface area contributed by atoms with Crippen LogP contribution in [0.5, 0.6) is 5.75 Å². The highest BCUT2D eigenvalue weighted by Gasteiger charge is 2.19. The first-order valence-corrected chi connectivity index (χ1v) is 13.3. The number of carbonyl (C=O) groups excluding carboxylic acids is 2. The second kappa shape index (κ2) is 13.9. The van der Waals surface area contributed by atoms with E-state index >= 15 is 0 Å². The van der Waals surface area contributed by atoms with Gasteiger partial charge in [-0.25, -0.2) is 9.97 Å². The van der Waals surface area contributed by atoms with Crippen molar-refractivity contribution in [3.05, 3.63) is 60.4 Å². The van der Waals surface area contributed by atoms with Gasteiger partial charge in [0.05, 0.1) is 31.0 Å². The molecule has 1 saturated heterocycles. The minimum atomic E-state index is -0.346. The van der Waals surface area contributed by atoms with Gasteiger partial charge in [-0.05, 0) is 43.7 Å².